The molecule has 2 atom stereocenters. The molecule has 1 fully saturated rings. The minimum absolute atomic E-state index is 0.0756. The third-order valence-corrected chi connectivity index (χ3v) is 9.22. The number of nitrogens with one attached hydrogen (secondary N) is 1. The number of nitrogens with zero attached hydrogens (tertiary/aromatic N) is 3. The Morgan fingerprint density at radius 1 is 0.929 bits per heavy atom. The minimum Gasteiger partial charge on any atom is -0.493 e. The van der Waals surface area contributed by atoms with E-state index in [1.807, 2.05) is 65.3 Å². The van der Waals surface area contributed by atoms with Crippen molar-refractivity contribution < 1.29 is 9.53 Å². The van der Waals surface area contributed by atoms with Crippen LogP contribution in [0.5, 0.6) is 5.75 Å². The van der Waals surface area contributed by atoms with Crippen molar-refractivity contribution in [1.82, 2.24) is 15.1 Å². The van der Waals surface area contributed by atoms with Gasteiger partial charge in [0.05, 0.1) is 12.2 Å². The summed E-state index contributed by atoms with van der Waals surface area (Å²) in [5.41, 5.74) is 1.93. The lowest BCUT2D eigenvalue weighted by molar-refractivity contribution is 0.104. The van der Waals surface area contributed by atoms with E-state index in [-0.39, 0.29) is 11.4 Å². The van der Waals surface area contributed by atoms with Gasteiger partial charge in [-0.25, -0.2) is 4.79 Å². The van der Waals surface area contributed by atoms with Crippen molar-refractivity contribution in [3.05, 3.63) is 99.0 Å². The molecular formula is C34H40Cl2N4O2. The predicted octanol–water partition coefficient (Wildman–Crippen LogP) is 7.61. The van der Waals surface area contributed by atoms with Gasteiger partial charge in [0, 0.05) is 36.2 Å². The number of hydrogen-bond donors (Lipinski definition) is 1. The van der Waals surface area contributed by atoms with E-state index in [9.17, 15) is 4.79 Å². The molecule has 0 aliphatic carbocycles. The van der Waals surface area contributed by atoms with Crippen LogP contribution < -0.4 is 10.1 Å². The number of ether oxygens (including phenoxy) is 1. The van der Waals surface area contributed by atoms with Gasteiger partial charge in [0.2, 0.25) is 0 Å². The highest BCUT2D eigenvalue weighted by Crippen LogP contribution is 2.54. The maximum Gasteiger partial charge on any atom is 0.326 e. The van der Waals surface area contributed by atoms with Crippen LogP contribution in [0.25, 0.3) is 0 Å². The number of benzene rings is 3. The number of urea groups is 1. The quantitative estimate of drug-likeness (QED) is 0.325. The number of carbonyl (C=O) groups excluding carboxylic acids is 1. The first-order chi connectivity index (χ1) is 19.9. The third-order valence-electron chi connectivity index (χ3n) is 8.72. The van der Waals surface area contributed by atoms with E-state index in [1.165, 1.54) is 0 Å². The van der Waals surface area contributed by atoms with Crippen molar-refractivity contribution >= 4 is 35.1 Å². The molecule has 2 amide bonds. The molecule has 2 aliphatic heterocycles. The first-order valence-electron chi connectivity index (χ1n) is 14.6. The average Bonchev–Trinajstić information content (AvgIpc) is 3.21. The van der Waals surface area contributed by atoms with Gasteiger partial charge in [0.1, 0.15) is 22.7 Å². The van der Waals surface area contributed by atoms with E-state index >= 15 is 0 Å². The molecule has 6 nitrogen and oxygen atoms in total. The van der Waals surface area contributed by atoms with Gasteiger partial charge in [-0.3, -0.25) is 9.89 Å². The van der Waals surface area contributed by atoms with E-state index in [0.29, 0.717) is 41.3 Å². The minimum atomic E-state index is -0.922. The Kier molecular flexibility index (Phi) is 8.36. The van der Waals surface area contributed by atoms with E-state index in [4.69, 9.17) is 32.9 Å². The Morgan fingerprint density at radius 2 is 1.50 bits per heavy atom. The summed E-state index contributed by atoms with van der Waals surface area (Å²) in [5, 5.41) is 4.64. The van der Waals surface area contributed by atoms with Gasteiger partial charge in [-0.05, 0) is 79.3 Å². The lowest BCUT2D eigenvalue weighted by atomic mass is 9.71. The van der Waals surface area contributed by atoms with Crippen molar-refractivity contribution in [2.45, 2.75) is 58.0 Å². The van der Waals surface area contributed by atoms with E-state index in [2.05, 4.69) is 58.1 Å². The summed E-state index contributed by atoms with van der Waals surface area (Å²) >= 11 is 12.7. The van der Waals surface area contributed by atoms with Crippen molar-refractivity contribution in [1.29, 1.82) is 0 Å². The SMILES string of the molecule is CCOc1cc(C(C)(C)C)ccc1C1=N[C@@](C)(c2ccc(Cl)cc2)[C@@](C)(c2ccc(Cl)cc2)N1C(=O)N1CCNCC1. The summed E-state index contributed by atoms with van der Waals surface area (Å²) in [7, 11) is 0. The van der Waals surface area contributed by atoms with Crippen LogP contribution in [0.3, 0.4) is 0 Å². The van der Waals surface area contributed by atoms with Gasteiger partial charge in [0.25, 0.3) is 0 Å². The maximum absolute atomic E-state index is 14.8. The zero-order valence-corrected chi connectivity index (χ0v) is 26.8. The molecule has 0 saturated carbocycles. The van der Waals surface area contributed by atoms with Crippen LogP contribution in [0.2, 0.25) is 10.0 Å². The van der Waals surface area contributed by atoms with Crippen molar-refractivity contribution in [3.8, 4) is 5.75 Å². The van der Waals surface area contributed by atoms with Crippen LogP contribution in [-0.4, -0.2) is 54.5 Å². The molecule has 1 N–H and O–H groups in total. The second-order valence-electron chi connectivity index (χ2n) is 12.3. The molecule has 3 aromatic rings. The van der Waals surface area contributed by atoms with Gasteiger partial charge < -0.3 is 15.0 Å². The summed E-state index contributed by atoms with van der Waals surface area (Å²) in [6.07, 6.45) is 0. The number of amidine groups is 1. The Bertz CT molecular complexity index is 1480. The molecule has 0 radical (unpaired) electrons. The number of aliphatic imine (C=N–C) groups is 1. The maximum atomic E-state index is 14.8. The van der Waals surface area contributed by atoms with E-state index < -0.39 is 11.1 Å². The lowest BCUT2D eigenvalue weighted by Gasteiger charge is -2.47. The van der Waals surface area contributed by atoms with E-state index in [0.717, 1.165) is 35.3 Å². The number of halogens is 2. The third kappa shape index (κ3) is 5.29. The van der Waals surface area contributed by atoms with Gasteiger partial charge in [0.15, 0.2) is 0 Å². The zero-order valence-electron chi connectivity index (χ0n) is 25.3. The second kappa shape index (κ2) is 11.6. The number of carbonyl (C=O) groups is 1. The van der Waals surface area contributed by atoms with Gasteiger partial charge in [-0.15, -0.1) is 0 Å². The van der Waals surface area contributed by atoms with Crippen molar-refractivity contribution in [2.24, 2.45) is 4.99 Å². The summed E-state index contributed by atoms with van der Waals surface area (Å²) in [6, 6.07) is 21.7. The molecule has 5 rings (SSSR count). The van der Waals surface area contributed by atoms with Crippen molar-refractivity contribution in [2.75, 3.05) is 32.8 Å². The standard InChI is InChI=1S/C34H40Cl2N4O2/c1-7-42-29-22-25(32(2,3)4)12-17-28(29)30-38-33(5,23-8-13-26(35)14-9-23)34(6,24-10-15-27(36)16-11-24)40(30)31(41)39-20-18-37-19-21-39/h8-17,22,37H,7,18-21H2,1-6H3/t33-,34+/m0/s1. The fourth-order valence-corrected chi connectivity index (χ4v) is 6.27. The molecule has 0 unspecified atom stereocenters. The number of amides is 2. The topological polar surface area (TPSA) is 57.2 Å². The summed E-state index contributed by atoms with van der Waals surface area (Å²) in [5.74, 6) is 1.29. The first-order valence-corrected chi connectivity index (χ1v) is 15.3. The highest BCUT2D eigenvalue weighted by atomic mass is 35.5. The smallest absolute Gasteiger partial charge is 0.326 e. The Labute approximate surface area is 259 Å². The summed E-state index contributed by atoms with van der Waals surface area (Å²) in [6.45, 7) is 15.9. The fourth-order valence-electron chi connectivity index (χ4n) is 6.01. The van der Waals surface area contributed by atoms with Gasteiger partial charge >= 0.3 is 6.03 Å². The molecule has 0 bridgehead atoms. The van der Waals surface area contributed by atoms with Crippen LogP contribution in [0.15, 0.2) is 71.7 Å². The molecule has 2 aliphatic rings. The molecule has 2 heterocycles. The van der Waals surface area contributed by atoms with Gasteiger partial charge in [-0.2, -0.15) is 0 Å². The Morgan fingerprint density at radius 3 is 2.05 bits per heavy atom. The van der Waals surface area contributed by atoms with Crippen LogP contribution in [0.4, 0.5) is 4.79 Å². The lowest BCUT2D eigenvalue weighted by Crippen LogP contribution is -2.60. The molecule has 42 heavy (non-hydrogen) atoms. The molecular weight excluding hydrogens is 567 g/mol. The summed E-state index contributed by atoms with van der Waals surface area (Å²) in [4.78, 5) is 24.1. The van der Waals surface area contributed by atoms with Crippen LogP contribution in [-0.2, 0) is 16.5 Å². The normalized spacial score (nSPS) is 22.7. The van der Waals surface area contributed by atoms with Crippen LogP contribution in [0, 0.1) is 0 Å². The number of hydrogen-bond acceptors (Lipinski definition) is 4. The molecule has 8 heteroatoms. The molecule has 0 spiro atoms. The summed E-state index contributed by atoms with van der Waals surface area (Å²) < 4.78 is 6.26. The fraction of sp³-hybridized carbons (Fsp3) is 0.412. The zero-order chi connectivity index (χ0) is 30.3. The van der Waals surface area contributed by atoms with Crippen LogP contribution >= 0.6 is 23.2 Å². The number of piperazine rings is 1. The molecule has 1 saturated heterocycles. The second-order valence-corrected chi connectivity index (χ2v) is 13.2. The highest BCUT2D eigenvalue weighted by molar-refractivity contribution is 6.30. The van der Waals surface area contributed by atoms with E-state index in [1.54, 1.807) is 0 Å². The molecule has 0 aromatic heterocycles. The Hall–Kier alpha value is -3.06. The Balaban J connectivity index is 1.80. The largest absolute Gasteiger partial charge is 0.493 e. The average molecular weight is 608 g/mol. The molecule has 222 valence electrons. The monoisotopic (exact) mass is 606 g/mol. The predicted molar refractivity (Wildman–Crippen MR) is 172 cm³/mol. The van der Waals surface area contributed by atoms with Gasteiger partial charge in [-0.1, -0.05) is 74.3 Å². The first kappa shape index (κ1) is 30.4. The van der Waals surface area contributed by atoms with Crippen LogP contribution in [0.1, 0.15) is 63.8 Å². The number of rotatable bonds is 5. The highest BCUT2D eigenvalue weighted by Gasteiger charge is 2.60. The van der Waals surface area contributed by atoms with Crippen molar-refractivity contribution in [3.63, 3.8) is 0 Å². The molecule has 3 aromatic carbocycles.